The third-order valence-electron chi connectivity index (χ3n) is 1.70. The molecule has 1 heterocycles. The normalized spacial score (nSPS) is 12.3. The minimum Gasteiger partial charge on any atom is -0.264 e. The van der Waals surface area contributed by atoms with Crippen LogP contribution in [-0.4, -0.2) is 34.6 Å². The summed E-state index contributed by atoms with van der Waals surface area (Å²) in [6.07, 6.45) is 1.71. The van der Waals surface area contributed by atoms with E-state index in [2.05, 4.69) is 14.5 Å². The molecule has 0 radical (unpaired) electrons. The Morgan fingerprint density at radius 2 is 2.27 bits per heavy atom. The maximum Gasteiger partial charge on any atom is 0.397 e. The lowest BCUT2D eigenvalue weighted by molar-refractivity contribution is 0.252. The molecule has 0 aromatic carbocycles. The van der Waals surface area contributed by atoms with Crippen LogP contribution in [0.3, 0.4) is 0 Å². The Balaban J connectivity index is 2.45. The van der Waals surface area contributed by atoms with Gasteiger partial charge in [-0.05, 0) is 5.92 Å². The van der Waals surface area contributed by atoms with Crippen LogP contribution in [0.2, 0.25) is 0 Å². The molecule has 0 bridgehead atoms. The lowest BCUT2D eigenvalue weighted by Crippen LogP contribution is -2.11. The summed E-state index contributed by atoms with van der Waals surface area (Å²) in [5.41, 5.74) is 0.821. The second-order valence-corrected chi connectivity index (χ2v) is 4.40. The zero-order valence-corrected chi connectivity index (χ0v) is 9.31. The van der Waals surface area contributed by atoms with E-state index in [1.54, 1.807) is 6.20 Å². The zero-order valence-electron chi connectivity index (χ0n) is 8.49. The molecule has 86 valence electrons. The van der Waals surface area contributed by atoms with E-state index in [1.807, 2.05) is 13.8 Å². The quantitative estimate of drug-likeness (QED) is 0.734. The lowest BCUT2D eigenvalue weighted by Gasteiger charge is -1.99. The second kappa shape index (κ2) is 4.69. The fraction of sp³-hybridized carbons (Fsp3) is 0.714. The summed E-state index contributed by atoms with van der Waals surface area (Å²) in [5.74, 6) is 0.265. The smallest absolute Gasteiger partial charge is 0.264 e. The van der Waals surface area contributed by atoms with Gasteiger partial charge in [0.1, 0.15) is 0 Å². The van der Waals surface area contributed by atoms with Crippen molar-refractivity contribution in [2.24, 2.45) is 0 Å². The highest BCUT2D eigenvalue weighted by Gasteiger charge is 2.07. The van der Waals surface area contributed by atoms with Crippen molar-refractivity contribution < 1.29 is 17.2 Å². The van der Waals surface area contributed by atoms with Gasteiger partial charge >= 0.3 is 10.4 Å². The molecule has 0 amide bonds. The molecule has 15 heavy (non-hydrogen) atoms. The summed E-state index contributed by atoms with van der Waals surface area (Å²) < 4.78 is 34.3. The molecule has 0 fully saturated rings. The average molecular weight is 235 g/mol. The number of hydrogen-bond acceptors (Lipinski definition) is 5. The molecule has 0 aliphatic heterocycles. The van der Waals surface area contributed by atoms with Crippen LogP contribution < -0.4 is 0 Å². The van der Waals surface area contributed by atoms with Crippen molar-refractivity contribution in [3.8, 4) is 0 Å². The van der Waals surface area contributed by atoms with Crippen LogP contribution in [0.1, 0.15) is 25.5 Å². The number of rotatable bonds is 5. The Labute approximate surface area is 88.0 Å². The highest BCUT2D eigenvalue weighted by atomic mass is 32.3. The average Bonchev–Trinajstić information content (AvgIpc) is 2.50. The molecule has 0 saturated heterocycles. The van der Waals surface area contributed by atoms with Crippen LogP contribution >= 0.6 is 0 Å². The molecule has 0 spiro atoms. The summed E-state index contributed by atoms with van der Waals surface area (Å²) in [4.78, 5) is 0. The van der Waals surface area contributed by atoms with Crippen molar-refractivity contribution in [2.45, 2.75) is 26.3 Å². The van der Waals surface area contributed by atoms with Gasteiger partial charge in [-0.3, -0.25) is 4.55 Å². The Morgan fingerprint density at radius 3 is 2.73 bits per heavy atom. The summed E-state index contributed by atoms with van der Waals surface area (Å²) in [6.45, 7) is 4.01. The van der Waals surface area contributed by atoms with Crippen molar-refractivity contribution >= 4 is 10.4 Å². The Bertz CT molecular complexity index is 412. The van der Waals surface area contributed by atoms with Crippen LogP contribution in [0, 0.1) is 0 Å². The number of nitrogens with zero attached hydrogens (tertiary/aromatic N) is 3. The monoisotopic (exact) mass is 235 g/mol. The van der Waals surface area contributed by atoms with E-state index >= 15 is 0 Å². The largest absolute Gasteiger partial charge is 0.397 e. The molecule has 0 atom stereocenters. The zero-order chi connectivity index (χ0) is 11.5. The van der Waals surface area contributed by atoms with Gasteiger partial charge in [0.2, 0.25) is 0 Å². The predicted octanol–water partition coefficient (Wildman–Crippen LogP) is 0.221. The summed E-state index contributed by atoms with van der Waals surface area (Å²) >= 11 is 0. The van der Waals surface area contributed by atoms with Gasteiger partial charge in [0.15, 0.2) is 0 Å². The summed E-state index contributed by atoms with van der Waals surface area (Å²) in [7, 11) is -4.37. The topological polar surface area (TPSA) is 94.3 Å². The van der Waals surface area contributed by atoms with Crippen molar-refractivity contribution in [3.05, 3.63) is 11.9 Å². The van der Waals surface area contributed by atoms with E-state index in [0.717, 1.165) is 5.69 Å². The van der Waals surface area contributed by atoms with Gasteiger partial charge in [0, 0.05) is 6.20 Å². The SMILES string of the molecule is CC(C)c1cn(CCOS(=O)(=O)O)nn1. The van der Waals surface area contributed by atoms with Gasteiger partial charge in [-0.15, -0.1) is 5.10 Å². The highest BCUT2D eigenvalue weighted by Crippen LogP contribution is 2.08. The first kappa shape index (κ1) is 12.1. The molecule has 0 aliphatic carbocycles. The Kier molecular flexibility index (Phi) is 3.77. The van der Waals surface area contributed by atoms with E-state index in [0.29, 0.717) is 0 Å². The third kappa shape index (κ3) is 4.36. The standard InChI is InChI=1S/C7H13N3O4S/c1-6(2)7-5-10(9-8-7)3-4-14-15(11,12)13/h5-6H,3-4H2,1-2H3,(H,11,12,13). The molecule has 1 rings (SSSR count). The second-order valence-electron chi connectivity index (χ2n) is 3.31. The molecule has 0 saturated carbocycles. The van der Waals surface area contributed by atoms with E-state index < -0.39 is 10.4 Å². The van der Waals surface area contributed by atoms with Crippen LogP contribution in [0.25, 0.3) is 0 Å². The summed E-state index contributed by atoms with van der Waals surface area (Å²) in [5, 5.41) is 7.64. The van der Waals surface area contributed by atoms with Crippen LogP contribution in [-0.2, 0) is 21.1 Å². The summed E-state index contributed by atoms with van der Waals surface area (Å²) in [6, 6.07) is 0. The fourth-order valence-electron chi connectivity index (χ4n) is 0.923. The highest BCUT2D eigenvalue weighted by molar-refractivity contribution is 7.80. The van der Waals surface area contributed by atoms with Gasteiger partial charge in [-0.25, -0.2) is 8.86 Å². The van der Waals surface area contributed by atoms with Crippen molar-refractivity contribution in [1.29, 1.82) is 0 Å². The van der Waals surface area contributed by atoms with Crippen LogP contribution in [0.4, 0.5) is 0 Å². The van der Waals surface area contributed by atoms with Crippen LogP contribution in [0.5, 0.6) is 0 Å². The van der Waals surface area contributed by atoms with Crippen molar-refractivity contribution in [1.82, 2.24) is 15.0 Å². The lowest BCUT2D eigenvalue weighted by atomic mass is 10.2. The van der Waals surface area contributed by atoms with Gasteiger partial charge in [-0.2, -0.15) is 8.42 Å². The predicted molar refractivity (Wildman–Crippen MR) is 51.6 cm³/mol. The maximum absolute atomic E-state index is 10.2. The molecule has 0 aliphatic rings. The van der Waals surface area contributed by atoms with Gasteiger partial charge < -0.3 is 0 Å². The minimum atomic E-state index is -4.37. The molecule has 1 aromatic rings. The molecule has 1 aromatic heterocycles. The van der Waals surface area contributed by atoms with Gasteiger partial charge in [0.05, 0.1) is 18.8 Å². The number of aromatic nitrogens is 3. The molecule has 0 unspecified atom stereocenters. The third-order valence-corrected chi connectivity index (χ3v) is 2.17. The van der Waals surface area contributed by atoms with E-state index in [-0.39, 0.29) is 19.1 Å². The fourth-order valence-corrected chi connectivity index (χ4v) is 1.21. The van der Waals surface area contributed by atoms with E-state index in [1.165, 1.54) is 4.68 Å². The maximum atomic E-state index is 10.2. The molecule has 7 nitrogen and oxygen atoms in total. The first-order chi connectivity index (χ1) is 6.88. The van der Waals surface area contributed by atoms with Gasteiger partial charge in [0.25, 0.3) is 0 Å². The van der Waals surface area contributed by atoms with Crippen LogP contribution in [0.15, 0.2) is 6.20 Å². The minimum absolute atomic E-state index is 0.167. The van der Waals surface area contributed by atoms with E-state index in [4.69, 9.17) is 4.55 Å². The molecular formula is C7H13N3O4S. The molecular weight excluding hydrogens is 222 g/mol. The van der Waals surface area contributed by atoms with E-state index in [9.17, 15) is 8.42 Å². The Morgan fingerprint density at radius 1 is 1.60 bits per heavy atom. The molecule has 1 N–H and O–H groups in total. The van der Waals surface area contributed by atoms with Gasteiger partial charge in [-0.1, -0.05) is 19.1 Å². The first-order valence-electron chi connectivity index (χ1n) is 4.40. The van der Waals surface area contributed by atoms with Crippen molar-refractivity contribution in [3.63, 3.8) is 0 Å². The Hall–Kier alpha value is -0.990. The molecule has 8 heteroatoms. The van der Waals surface area contributed by atoms with Crippen molar-refractivity contribution in [2.75, 3.05) is 6.61 Å². The number of hydrogen-bond donors (Lipinski definition) is 1. The first-order valence-corrected chi connectivity index (χ1v) is 5.77.